The van der Waals surface area contributed by atoms with E-state index in [1.54, 1.807) is 0 Å². The molecule has 0 aromatic carbocycles. The molecule has 2 aliphatic heterocycles. The Morgan fingerprint density at radius 1 is 1.10 bits per heavy atom. The summed E-state index contributed by atoms with van der Waals surface area (Å²) in [5.41, 5.74) is 4.60. The van der Waals surface area contributed by atoms with Crippen molar-refractivity contribution in [3.63, 3.8) is 0 Å². The van der Waals surface area contributed by atoms with Gasteiger partial charge in [0.2, 0.25) is 0 Å². The Morgan fingerprint density at radius 3 is 2.67 bits per heavy atom. The van der Waals surface area contributed by atoms with Crippen LogP contribution in [0.4, 0.5) is 11.4 Å². The van der Waals surface area contributed by atoms with Gasteiger partial charge in [-0.25, -0.2) is 4.98 Å². The average Bonchev–Trinajstić information content (AvgIpc) is 3.15. The fourth-order valence-corrected chi connectivity index (χ4v) is 4.35. The smallest absolute Gasteiger partial charge is 0.159 e. The monoisotopic (exact) mass is 407 g/mol. The normalized spacial score (nSPS) is 19.5. The van der Waals surface area contributed by atoms with Gasteiger partial charge in [0.1, 0.15) is 0 Å². The molecule has 0 radical (unpaired) electrons. The molecule has 160 valence electrons. The summed E-state index contributed by atoms with van der Waals surface area (Å²) in [6.45, 7) is 11.0. The van der Waals surface area contributed by atoms with Gasteiger partial charge in [-0.15, -0.1) is 0 Å². The number of pyridine rings is 2. The van der Waals surface area contributed by atoms with Crippen LogP contribution in [0.2, 0.25) is 0 Å². The van der Waals surface area contributed by atoms with Gasteiger partial charge in [0.15, 0.2) is 5.65 Å². The first-order valence-corrected chi connectivity index (χ1v) is 11.0. The molecule has 7 heteroatoms. The highest BCUT2D eigenvalue weighted by molar-refractivity contribution is 5.89. The molecule has 2 fully saturated rings. The lowest BCUT2D eigenvalue weighted by Gasteiger charge is -2.33. The number of hydrogen-bond donors (Lipinski definition) is 1. The molecule has 7 nitrogen and oxygen atoms in total. The van der Waals surface area contributed by atoms with Crippen molar-refractivity contribution in [1.29, 1.82) is 0 Å². The van der Waals surface area contributed by atoms with E-state index in [1.807, 2.05) is 36.4 Å². The van der Waals surface area contributed by atoms with Crippen LogP contribution >= 0.6 is 0 Å². The summed E-state index contributed by atoms with van der Waals surface area (Å²) < 4.78 is 1.86. The zero-order valence-electron chi connectivity index (χ0n) is 18.4. The van der Waals surface area contributed by atoms with E-state index >= 15 is 0 Å². The van der Waals surface area contributed by atoms with Crippen molar-refractivity contribution in [2.45, 2.75) is 26.7 Å². The van der Waals surface area contributed by atoms with E-state index in [2.05, 4.69) is 56.2 Å². The summed E-state index contributed by atoms with van der Waals surface area (Å²) >= 11 is 0. The van der Waals surface area contributed by atoms with Crippen molar-refractivity contribution in [3.8, 4) is 0 Å². The quantitative estimate of drug-likeness (QED) is 0.705. The molecule has 3 aromatic rings. The van der Waals surface area contributed by atoms with Crippen molar-refractivity contribution >= 4 is 22.4 Å². The van der Waals surface area contributed by atoms with E-state index < -0.39 is 0 Å². The first-order valence-electron chi connectivity index (χ1n) is 11.0. The van der Waals surface area contributed by atoms with Gasteiger partial charge in [0, 0.05) is 58.2 Å². The minimum absolute atomic E-state index is 0.777. The summed E-state index contributed by atoms with van der Waals surface area (Å²) in [5.74, 6) is 0.777. The summed E-state index contributed by atoms with van der Waals surface area (Å²) in [5, 5.41) is 8.84. The second kappa shape index (κ2) is 9.43. The standard InChI is InChI=1S/C14H20N4.C9H13N3/c1-10-5-4-6-18(9-10)13-7-11(2)16-14-12(13)8-15-17(14)3;1-2-9(8-11-3-1)12-6-4-10-5-7-12/h7-8,10H,4-6,9H2,1-3H3;1-3,8,10H,4-7H2. The van der Waals surface area contributed by atoms with Crippen molar-refractivity contribution in [2.75, 3.05) is 49.1 Å². The van der Waals surface area contributed by atoms with Gasteiger partial charge in [-0.05, 0) is 43.9 Å². The van der Waals surface area contributed by atoms with Crippen LogP contribution in [0.3, 0.4) is 0 Å². The van der Waals surface area contributed by atoms with E-state index in [9.17, 15) is 0 Å². The predicted molar refractivity (Wildman–Crippen MR) is 123 cm³/mol. The van der Waals surface area contributed by atoms with Crippen molar-refractivity contribution < 1.29 is 0 Å². The molecular weight excluding hydrogens is 374 g/mol. The largest absolute Gasteiger partial charge is 0.371 e. The Morgan fingerprint density at radius 2 is 1.93 bits per heavy atom. The number of rotatable bonds is 2. The Kier molecular flexibility index (Phi) is 6.47. The Balaban J connectivity index is 0.000000158. The molecule has 0 bridgehead atoms. The molecule has 5 heterocycles. The Bertz CT molecular complexity index is 947. The highest BCUT2D eigenvalue weighted by atomic mass is 15.3. The third-order valence-electron chi connectivity index (χ3n) is 5.94. The number of aromatic nitrogens is 4. The molecule has 0 spiro atoms. The minimum atomic E-state index is 0.777. The number of hydrogen-bond acceptors (Lipinski definition) is 6. The highest BCUT2D eigenvalue weighted by Gasteiger charge is 2.20. The van der Waals surface area contributed by atoms with Gasteiger partial charge in [-0.1, -0.05) is 6.92 Å². The number of nitrogens with zero attached hydrogens (tertiary/aromatic N) is 6. The van der Waals surface area contributed by atoms with Crippen molar-refractivity contribution in [2.24, 2.45) is 13.0 Å². The molecule has 3 aromatic heterocycles. The zero-order valence-corrected chi connectivity index (χ0v) is 18.4. The van der Waals surface area contributed by atoms with Crippen LogP contribution in [-0.4, -0.2) is 59.0 Å². The second-order valence-electron chi connectivity index (χ2n) is 8.43. The topological polar surface area (TPSA) is 62.1 Å². The summed E-state index contributed by atoms with van der Waals surface area (Å²) in [4.78, 5) is 13.5. The van der Waals surface area contributed by atoms with E-state index in [4.69, 9.17) is 0 Å². The lowest BCUT2D eigenvalue weighted by atomic mass is 9.99. The fraction of sp³-hybridized carbons (Fsp3) is 0.522. The van der Waals surface area contributed by atoms with E-state index in [0.717, 1.165) is 56.5 Å². The van der Waals surface area contributed by atoms with Crippen molar-refractivity contribution in [3.05, 3.63) is 42.5 Å². The zero-order chi connectivity index (χ0) is 20.9. The number of fused-ring (bicyclic) bond motifs is 1. The maximum Gasteiger partial charge on any atom is 0.159 e. The van der Waals surface area contributed by atoms with Gasteiger partial charge in [-0.2, -0.15) is 5.10 Å². The average molecular weight is 408 g/mol. The SMILES string of the molecule is Cc1cc(N2CCCC(C)C2)c2cnn(C)c2n1.c1cncc(N2CCNCC2)c1. The van der Waals surface area contributed by atoms with Gasteiger partial charge < -0.3 is 15.1 Å². The number of anilines is 2. The maximum atomic E-state index is 4.58. The molecule has 1 unspecified atom stereocenters. The summed E-state index contributed by atoms with van der Waals surface area (Å²) in [6.07, 6.45) is 8.30. The van der Waals surface area contributed by atoms with Crippen molar-refractivity contribution in [1.82, 2.24) is 25.1 Å². The fourth-order valence-electron chi connectivity index (χ4n) is 4.35. The molecule has 30 heavy (non-hydrogen) atoms. The van der Waals surface area contributed by atoms with Crippen LogP contribution in [0.25, 0.3) is 11.0 Å². The van der Waals surface area contributed by atoms with Crippen LogP contribution in [0.5, 0.6) is 0 Å². The number of aryl methyl sites for hydroxylation is 2. The third-order valence-corrected chi connectivity index (χ3v) is 5.94. The Hall–Kier alpha value is -2.67. The van der Waals surface area contributed by atoms with E-state index in [0.29, 0.717) is 0 Å². The first kappa shape index (κ1) is 20.6. The number of piperidine rings is 1. The lowest BCUT2D eigenvalue weighted by Crippen LogP contribution is -2.43. The molecule has 0 saturated carbocycles. The van der Waals surface area contributed by atoms with Gasteiger partial charge in [0.25, 0.3) is 0 Å². The van der Waals surface area contributed by atoms with Crippen LogP contribution in [0, 0.1) is 12.8 Å². The molecule has 1 atom stereocenters. The number of nitrogens with one attached hydrogen (secondary N) is 1. The van der Waals surface area contributed by atoms with E-state index in [1.165, 1.54) is 29.6 Å². The van der Waals surface area contributed by atoms with Gasteiger partial charge in [0.05, 0.1) is 29.2 Å². The van der Waals surface area contributed by atoms with Gasteiger partial charge in [-0.3, -0.25) is 9.67 Å². The lowest BCUT2D eigenvalue weighted by molar-refractivity contribution is 0.447. The van der Waals surface area contributed by atoms with Crippen LogP contribution in [0.1, 0.15) is 25.5 Å². The predicted octanol–water partition coefficient (Wildman–Crippen LogP) is 3.00. The first-order chi connectivity index (χ1) is 14.6. The molecule has 5 rings (SSSR count). The highest BCUT2D eigenvalue weighted by Crippen LogP contribution is 2.29. The number of piperazine rings is 1. The van der Waals surface area contributed by atoms with Gasteiger partial charge >= 0.3 is 0 Å². The molecule has 0 amide bonds. The van der Waals surface area contributed by atoms with Crippen LogP contribution < -0.4 is 15.1 Å². The third kappa shape index (κ3) is 4.73. The molecule has 1 N–H and O–H groups in total. The molecule has 0 aliphatic carbocycles. The maximum absolute atomic E-state index is 4.58. The second-order valence-corrected chi connectivity index (χ2v) is 8.43. The minimum Gasteiger partial charge on any atom is -0.371 e. The van der Waals surface area contributed by atoms with Crippen LogP contribution in [-0.2, 0) is 7.05 Å². The molecule has 2 aliphatic rings. The molecule has 2 saturated heterocycles. The molecular formula is C23H33N7. The Labute approximate surface area is 179 Å². The van der Waals surface area contributed by atoms with E-state index in [-0.39, 0.29) is 0 Å². The summed E-state index contributed by atoms with van der Waals surface area (Å²) in [7, 11) is 1.96. The summed E-state index contributed by atoms with van der Waals surface area (Å²) in [6, 6.07) is 6.29. The van der Waals surface area contributed by atoms with Crippen LogP contribution in [0.15, 0.2) is 36.8 Å².